The smallest absolute Gasteiger partial charge is 0.323 e. The van der Waals surface area contributed by atoms with Crippen molar-refractivity contribution in [1.82, 2.24) is 4.98 Å². The Morgan fingerprint density at radius 1 is 1.53 bits per heavy atom. The highest BCUT2D eigenvalue weighted by atomic mass is 32.2. The molecule has 0 spiro atoms. The van der Waals surface area contributed by atoms with Crippen LogP contribution in [0.1, 0.15) is 20.3 Å². The van der Waals surface area contributed by atoms with Crippen LogP contribution in [0, 0.1) is 0 Å². The van der Waals surface area contributed by atoms with Crippen molar-refractivity contribution in [1.29, 1.82) is 0 Å². The molecule has 1 aromatic heterocycles. The molecule has 2 unspecified atom stereocenters. The molecule has 0 aliphatic heterocycles. The van der Waals surface area contributed by atoms with Gasteiger partial charge in [0.1, 0.15) is 5.54 Å². The molecule has 0 bridgehead atoms. The molecule has 4 N–H and O–H groups in total. The summed E-state index contributed by atoms with van der Waals surface area (Å²) in [6.45, 7) is 3.54. The molecule has 0 fully saturated rings. The van der Waals surface area contributed by atoms with E-state index in [9.17, 15) is 4.79 Å². The molecule has 4 nitrogen and oxygen atoms in total. The first-order chi connectivity index (χ1) is 8.88. The molecule has 0 aliphatic rings. The molecule has 0 amide bonds. The third-order valence-electron chi connectivity index (χ3n) is 3.03. The number of aromatic amines is 1. The van der Waals surface area contributed by atoms with E-state index in [1.807, 2.05) is 31.2 Å². The van der Waals surface area contributed by atoms with Gasteiger partial charge in [0.2, 0.25) is 0 Å². The maximum atomic E-state index is 11.0. The van der Waals surface area contributed by atoms with Crippen LogP contribution in [-0.4, -0.2) is 26.8 Å². The molecule has 0 aliphatic carbocycles. The Labute approximate surface area is 116 Å². The summed E-state index contributed by atoms with van der Waals surface area (Å²) in [5.41, 5.74) is 5.67. The van der Waals surface area contributed by atoms with Crippen LogP contribution in [-0.2, 0) is 4.79 Å². The summed E-state index contributed by atoms with van der Waals surface area (Å²) in [7, 11) is 0. The average molecular weight is 278 g/mol. The summed E-state index contributed by atoms with van der Waals surface area (Å²) < 4.78 is 0. The Morgan fingerprint density at radius 3 is 2.84 bits per heavy atom. The number of para-hydroxylation sites is 1. The van der Waals surface area contributed by atoms with E-state index in [4.69, 9.17) is 10.8 Å². The van der Waals surface area contributed by atoms with Gasteiger partial charge in [0.25, 0.3) is 0 Å². The van der Waals surface area contributed by atoms with Crippen LogP contribution in [0.3, 0.4) is 0 Å². The molecular formula is C14H18N2O2S. The molecule has 2 atom stereocenters. The summed E-state index contributed by atoms with van der Waals surface area (Å²) >= 11 is 1.61. The first-order valence-corrected chi connectivity index (χ1v) is 7.03. The van der Waals surface area contributed by atoms with Crippen LogP contribution in [0.2, 0.25) is 0 Å². The normalized spacial score (nSPS) is 16.2. The number of thioether (sulfide) groups is 1. The number of carbonyl (C=O) groups is 1. The lowest BCUT2D eigenvalue weighted by Crippen LogP contribution is -2.46. The highest BCUT2D eigenvalue weighted by Gasteiger charge is 2.30. The number of aliphatic carboxylic acids is 1. The van der Waals surface area contributed by atoms with Gasteiger partial charge in [-0.2, -0.15) is 0 Å². The minimum atomic E-state index is -1.18. The van der Waals surface area contributed by atoms with Gasteiger partial charge in [-0.15, -0.1) is 11.8 Å². The van der Waals surface area contributed by atoms with Crippen molar-refractivity contribution in [2.45, 2.75) is 36.1 Å². The second-order valence-electron chi connectivity index (χ2n) is 5.08. The molecule has 2 rings (SSSR count). The molecule has 0 saturated heterocycles. The lowest BCUT2D eigenvalue weighted by molar-refractivity contribution is -0.142. The van der Waals surface area contributed by atoms with Gasteiger partial charge in [-0.25, -0.2) is 0 Å². The van der Waals surface area contributed by atoms with E-state index in [-0.39, 0.29) is 5.25 Å². The molecule has 5 heteroatoms. The highest BCUT2D eigenvalue weighted by molar-refractivity contribution is 7.99. The predicted octanol–water partition coefficient (Wildman–Crippen LogP) is 2.84. The maximum Gasteiger partial charge on any atom is 0.323 e. The molecule has 19 heavy (non-hydrogen) atoms. The summed E-state index contributed by atoms with van der Waals surface area (Å²) in [6, 6.07) is 10.1. The van der Waals surface area contributed by atoms with E-state index < -0.39 is 11.5 Å². The Morgan fingerprint density at radius 2 is 2.21 bits per heavy atom. The van der Waals surface area contributed by atoms with Crippen LogP contribution in [0.4, 0.5) is 0 Å². The third-order valence-corrected chi connectivity index (χ3v) is 4.08. The largest absolute Gasteiger partial charge is 0.480 e. The Balaban J connectivity index is 2.06. The van der Waals surface area contributed by atoms with Crippen LogP contribution in [0.25, 0.3) is 10.9 Å². The number of H-pyrrole nitrogens is 1. The van der Waals surface area contributed by atoms with E-state index in [1.54, 1.807) is 18.7 Å². The number of nitrogens with two attached hydrogens (primary N) is 1. The fraction of sp³-hybridized carbons (Fsp3) is 0.357. The Hall–Kier alpha value is -1.46. The molecule has 1 heterocycles. The number of nitrogens with one attached hydrogen (secondary N) is 1. The van der Waals surface area contributed by atoms with Gasteiger partial charge in [-0.1, -0.05) is 25.1 Å². The zero-order valence-corrected chi connectivity index (χ0v) is 11.8. The first-order valence-electron chi connectivity index (χ1n) is 6.15. The fourth-order valence-corrected chi connectivity index (χ4v) is 3.28. The number of aromatic nitrogens is 1. The quantitative estimate of drug-likeness (QED) is 0.735. The van der Waals surface area contributed by atoms with Gasteiger partial charge in [0, 0.05) is 16.2 Å². The van der Waals surface area contributed by atoms with Crippen LogP contribution in [0.5, 0.6) is 0 Å². The van der Waals surface area contributed by atoms with Crippen LogP contribution in [0.15, 0.2) is 35.4 Å². The minimum Gasteiger partial charge on any atom is -0.480 e. The van der Waals surface area contributed by atoms with Crippen LogP contribution >= 0.6 is 11.8 Å². The van der Waals surface area contributed by atoms with E-state index in [0.29, 0.717) is 6.42 Å². The van der Waals surface area contributed by atoms with Gasteiger partial charge in [-0.05, 0) is 25.5 Å². The average Bonchev–Trinajstić information content (AvgIpc) is 2.69. The number of carboxylic acid groups (broad SMARTS) is 1. The molecule has 2 aromatic rings. The highest BCUT2D eigenvalue weighted by Crippen LogP contribution is 2.30. The lowest BCUT2D eigenvalue weighted by atomic mass is 9.98. The summed E-state index contributed by atoms with van der Waals surface area (Å²) in [4.78, 5) is 14.3. The van der Waals surface area contributed by atoms with Crippen molar-refractivity contribution >= 4 is 28.6 Å². The van der Waals surface area contributed by atoms with Gasteiger partial charge in [-0.3, -0.25) is 4.79 Å². The third kappa shape index (κ3) is 3.30. The zero-order chi connectivity index (χ0) is 14.0. The van der Waals surface area contributed by atoms with Crippen LogP contribution < -0.4 is 5.73 Å². The number of benzene rings is 1. The summed E-state index contributed by atoms with van der Waals surface area (Å²) in [5.74, 6) is -0.961. The second-order valence-corrected chi connectivity index (χ2v) is 6.56. The van der Waals surface area contributed by atoms with Crippen molar-refractivity contribution in [3.63, 3.8) is 0 Å². The number of rotatable bonds is 5. The van der Waals surface area contributed by atoms with Gasteiger partial charge < -0.3 is 15.8 Å². The van der Waals surface area contributed by atoms with Crippen molar-refractivity contribution in [3.8, 4) is 0 Å². The monoisotopic (exact) mass is 278 g/mol. The summed E-state index contributed by atoms with van der Waals surface area (Å²) in [6.07, 6.45) is 0.419. The Kier molecular flexibility index (Phi) is 3.87. The number of hydrogen-bond acceptors (Lipinski definition) is 3. The first kappa shape index (κ1) is 14.0. The predicted molar refractivity (Wildman–Crippen MR) is 78.5 cm³/mol. The van der Waals surface area contributed by atoms with E-state index in [0.717, 1.165) is 15.9 Å². The van der Waals surface area contributed by atoms with Crippen molar-refractivity contribution in [2.75, 3.05) is 0 Å². The lowest BCUT2D eigenvalue weighted by Gasteiger charge is -2.22. The van der Waals surface area contributed by atoms with E-state index in [1.165, 1.54) is 0 Å². The van der Waals surface area contributed by atoms with Crippen molar-refractivity contribution in [2.24, 2.45) is 5.73 Å². The zero-order valence-electron chi connectivity index (χ0n) is 11.0. The second kappa shape index (κ2) is 5.27. The number of carboxylic acids is 1. The number of fused-ring (bicyclic) bond motifs is 1. The fourth-order valence-electron chi connectivity index (χ4n) is 2.05. The SMILES string of the molecule is CC(CC(C)(N)C(=O)O)Sc1cc2ccccc2[nH]1. The molecule has 102 valence electrons. The Bertz CT molecular complexity index is 559. The van der Waals surface area contributed by atoms with Crippen molar-refractivity contribution < 1.29 is 9.90 Å². The van der Waals surface area contributed by atoms with Gasteiger partial charge >= 0.3 is 5.97 Å². The minimum absolute atomic E-state index is 0.124. The van der Waals surface area contributed by atoms with E-state index >= 15 is 0 Å². The molecule has 0 saturated carbocycles. The maximum absolute atomic E-state index is 11.0. The standard InChI is InChI=1S/C14H18N2O2S/c1-9(8-14(2,15)13(17)18)19-12-7-10-5-3-4-6-11(10)16-12/h3-7,9,16H,8,15H2,1-2H3,(H,17,18). The molecular weight excluding hydrogens is 260 g/mol. The van der Waals surface area contributed by atoms with E-state index in [2.05, 4.69) is 11.1 Å². The molecule has 0 radical (unpaired) electrons. The molecule has 1 aromatic carbocycles. The van der Waals surface area contributed by atoms with Crippen molar-refractivity contribution in [3.05, 3.63) is 30.3 Å². The summed E-state index contributed by atoms with van der Waals surface area (Å²) in [5, 5.41) is 11.3. The topological polar surface area (TPSA) is 79.1 Å². The number of hydrogen-bond donors (Lipinski definition) is 3. The van der Waals surface area contributed by atoms with Gasteiger partial charge in [0.05, 0.1) is 5.03 Å². The van der Waals surface area contributed by atoms with Gasteiger partial charge in [0.15, 0.2) is 0 Å².